The van der Waals surface area contributed by atoms with Crippen molar-refractivity contribution in [1.29, 1.82) is 0 Å². The lowest BCUT2D eigenvalue weighted by atomic mass is 10.1. The highest BCUT2D eigenvalue weighted by Crippen LogP contribution is 2.22. The molecule has 0 radical (unpaired) electrons. The first kappa shape index (κ1) is 19.8. The zero-order valence-corrected chi connectivity index (χ0v) is 18.0. The number of ether oxygens (including phenoxy) is 1. The van der Waals surface area contributed by atoms with E-state index in [9.17, 15) is 4.79 Å². The van der Waals surface area contributed by atoms with Crippen LogP contribution in [0.15, 0.2) is 77.0 Å². The van der Waals surface area contributed by atoms with Gasteiger partial charge in [0.05, 0.1) is 24.5 Å². The Kier molecular flexibility index (Phi) is 5.69. The monoisotopic (exact) mass is 432 g/mol. The summed E-state index contributed by atoms with van der Waals surface area (Å²) in [4.78, 5) is 20.2. The first-order valence-corrected chi connectivity index (χ1v) is 11.3. The van der Waals surface area contributed by atoms with E-state index in [1.807, 2.05) is 76.9 Å². The summed E-state index contributed by atoms with van der Waals surface area (Å²) in [5.41, 5.74) is 2.95. The minimum atomic E-state index is 0.0785. The zero-order chi connectivity index (χ0) is 21.0. The quantitative estimate of drug-likeness (QED) is 0.447. The molecule has 0 saturated heterocycles. The average Bonchev–Trinajstić information content (AvgIpc) is 3.41. The summed E-state index contributed by atoms with van der Waals surface area (Å²) in [6, 6.07) is 19.7. The number of rotatable bonds is 7. The first-order chi connectivity index (χ1) is 15.3. The third-order valence-corrected chi connectivity index (χ3v) is 6.33. The van der Waals surface area contributed by atoms with E-state index in [0.29, 0.717) is 13.2 Å². The maximum absolute atomic E-state index is 13.4. The van der Waals surface area contributed by atoms with Crippen molar-refractivity contribution in [2.24, 2.45) is 0 Å². The summed E-state index contributed by atoms with van der Waals surface area (Å²) < 4.78 is 9.87. The summed E-state index contributed by atoms with van der Waals surface area (Å²) in [5.74, 6) is 0.836. The van der Waals surface area contributed by atoms with Gasteiger partial charge in [0.2, 0.25) is 0 Å². The van der Waals surface area contributed by atoms with Crippen molar-refractivity contribution >= 4 is 11.3 Å². The zero-order valence-electron chi connectivity index (χ0n) is 17.2. The van der Waals surface area contributed by atoms with Gasteiger partial charge in [0.1, 0.15) is 17.4 Å². The Morgan fingerprint density at radius 2 is 1.81 bits per heavy atom. The van der Waals surface area contributed by atoms with Gasteiger partial charge < -0.3 is 4.74 Å². The van der Waals surface area contributed by atoms with Crippen LogP contribution in [0.4, 0.5) is 0 Å². The molecular formula is C24H24N4O2S. The molecule has 7 heteroatoms. The molecule has 0 saturated carbocycles. The molecule has 158 valence electrons. The second-order valence-corrected chi connectivity index (χ2v) is 8.53. The summed E-state index contributed by atoms with van der Waals surface area (Å²) in [5, 5.41) is 3.11. The van der Waals surface area contributed by atoms with Crippen molar-refractivity contribution in [2.45, 2.75) is 26.1 Å². The van der Waals surface area contributed by atoms with Crippen LogP contribution >= 0.6 is 11.3 Å². The Bertz CT molecular complexity index is 1180. The fraction of sp³-hybridized carbons (Fsp3) is 0.250. The van der Waals surface area contributed by atoms with Gasteiger partial charge in [0.25, 0.3) is 5.56 Å². The Labute approximate surface area is 184 Å². The van der Waals surface area contributed by atoms with Crippen molar-refractivity contribution in [1.82, 2.24) is 19.2 Å². The molecule has 0 amide bonds. The van der Waals surface area contributed by atoms with Gasteiger partial charge in [-0.05, 0) is 30.7 Å². The van der Waals surface area contributed by atoms with Gasteiger partial charge >= 0.3 is 0 Å². The number of fused-ring (bicyclic) bond motifs is 1. The Morgan fingerprint density at radius 1 is 1.03 bits per heavy atom. The number of nitrogens with zero attached hydrogens (tertiary/aromatic N) is 4. The van der Waals surface area contributed by atoms with Gasteiger partial charge in [-0.3, -0.25) is 14.4 Å². The van der Waals surface area contributed by atoms with E-state index >= 15 is 0 Å². The summed E-state index contributed by atoms with van der Waals surface area (Å²) in [7, 11) is 0. The van der Waals surface area contributed by atoms with E-state index in [1.165, 1.54) is 0 Å². The normalized spacial score (nSPS) is 13.8. The van der Waals surface area contributed by atoms with Crippen LogP contribution in [0.2, 0.25) is 0 Å². The summed E-state index contributed by atoms with van der Waals surface area (Å²) in [6.45, 7) is 3.49. The third kappa shape index (κ3) is 4.19. The Hall–Kier alpha value is -3.16. The summed E-state index contributed by atoms with van der Waals surface area (Å²) in [6.07, 6.45) is 2.59. The van der Waals surface area contributed by atoms with Crippen molar-refractivity contribution in [3.63, 3.8) is 0 Å². The molecule has 5 rings (SSSR count). The largest absolute Gasteiger partial charge is 0.492 e. The van der Waals surface area contributed by atoms with E-state index in [4.69, 9.17) is 4.74 Å². The lowest BCUT2D eigenvalue weighted by Gasteiger charge is -2.27. The van der Waals surface area contributed by atoms with Crippen molar-refractivity contribution < 1.29 is 4.74 Å². The third-order valence-electron chi connectivity index (χ3n) is 5.56. The van der Waals surface area contributed by atoms with Gasteiger partial charge in [-0.1, -0.05) is 36.4 Å². The highest BCUT2D eigenvalue weighted by molar-refractivity contribution is 7.09. The molecule has 0 unspecified atom stereocenters. The van der Waals surface area contributed by atoms with Crippen LogP contribution in [-0.2, 0) is 26.1 Å². The minimum absolute atomic E-state index is 0.0785. The number of aromatic nitrogens is 3. The molecule has 4 aromatic rings. The molecule has 0 aliphatic carbocycles. The Morgan fingerprint density at radius 3 is 2.55 bits per heavy atom. The topological polar surface area (TPSA) is 52.3 Å². The fourth-order valence-corrected chi connectivity index (χ4v) is 4.77. The smallest absolute Gasteiger partial charge is 0.274 e. The maximum Gasteiger partial charge on any atom is 0.274 e. The number of benzene rings is 2. The van der Waals surface area contributed by atoms with Crippen LogP contribution in [-0.4, -0.2) is 32.4 Å². The molecule has 0 fully saturated rings. The van der Waals surface area contributed by atoms with Crippen molar-refractivity contribution in [2.75, 3.05) is 13.2 Å². The molecular weight excluding hydrogens is 408 g/mol. The van der Waals surface area contributed by atoms with Gasteiger partial charge in [-0.25, -0.2) is 9.67 Å². The number of thiazole rings is 1. The molecule has 2 aromatic carbocycles. The van der Waals surface area contributed by atoms with Crippen LogP contribution < -0.4 is 10.3 Å². The van der Waals surface area contributed by atoms with Crippen LogP contribution in [0.5, 0.6) is 5.75 Å². The van der Waals surface area contributed by atoms with E-state index < -0.39 is 0 Å². The predicted octanol–water partition coefficient (Wildman–Crippen LogP) is 3.73. The predicted molar refractivity (Wildman–Crippen MR) is 122 cm³/mol. The number of hydrogen-bond acceptors (Lipinski definition) is 5. The van der Waals surface area contributed by atoms with E-state index in [2.05, 4.69) is 14.6 Å². The fourth-order valence-electron chi connectivity index (χ4n) is 4.11. The second-order valence-electron chi connectivity index (χ2n) is 7.55. The molecule has 6 nitrogen and oxygen atoms in total. The van der Waals surface area contributed by atoms with Gasteiger partial charge in [-0.2, -0.15) is 0 Å². The maximum atomic E-state index is 13.4. The molecule has 0 spiro atoms. The Balaban J connectivity index is 1.46. The van der Waals surface area contributed by atoms with Crippen LogP contribution in [0.1, 0.15) is 16.3 Å². The van der Waals surface area contributed by atoms with Crippen LogP contribution in [0, 0.1) is 0 Å². The van der Waals surface area contributed by atoms with E-state index in [0.717, 1.165) is 53.8 Å². The molecule has 0 N–H and O–H groups in total. The van der Waals surface area contributed by atoms with Crippen LogP contribution in [0.25, 0.3) is 5.69 Å². The molecule has 1 aliphatic heterocycles. The average molecular weight is 433 g/mol. The van der Waals surface area contributed by atoms with Gasteiger partial charge in [0, 0.05) is 30.2 Å². The van der Waals surface area contributed by atoms with Crippen molar-refractivity contribution in [3.05, 3.63) is 98.9 Å². The molecule has 31 heavy (non-hydrogen) atoms. The minimum Gasteiger partial charge on any atom is -0.492 e. The van der Waals surface area contributed by atoms with E-state index in [1.54, 1.807) is 11.3 Å². The molecule has 3 heterocycles. The van der Waals surface area contributed by atoms with E-state index in [-0.39, 0.29) is 5.56 Å². The molecule has 2 aromatic heterocycles. The first-order valence-electron chi connectivity index (χ1n) is 10.5. The van der Waals surface area contributed by atoms with Crippen LogP contribution in [0.3, 0.4) is 0 Å². The number of hydrogen-bond donors (Lipinski definition) is 0. The highest BCUT2D eigenvalue weighted by Gasteiger charge is 2.27. The molecule has 0 bridgehead atoms. The lowest BCUT2D eigenvalue weighted by molar-refractivity contribution is 0.228. The SMILES string of the molecule is O=c1c2c(n(CCOc3ccccc3)n1-c1ccccc1)CN(Cc1nccs1)CC2. The lowest BCUT2D eigenvalue weighted by Crippen LogP contribution is -2.32. The highest BCUT2D eigenvalue weighted by atomic mass is 32.1. The summed E-state index contributed by atoms with van der Waals surface area (Å²) >= 11 is 1.67. The number of para-hydroxylation sites is 2. The van der Waals surface area contributed by atoms with Gasteiger partial charge in [-0.15, -0.1) is 11.3 Å². The second kappa shape index (κ2) is 8.91. The van der Waals surface area contributed by atoms with Crippen molar-refractivity contribution in [3.8, 4) is 11.4 Å². The molecule has 1 aliphatic rings. The standard InChI is InChI=1S/C24H24N4O2S/c29-24-21-11-13-26(18-23-25-12-16-31-23)17-22(21)27(28(24)19-7-3-1-4-8-19)14-15-30-20-9-5-2-6-10-20/h1-10,12,16H,11,13-15,17-18H2. The molecule has 0 atom stereocenters. The van der Waals surface area contributed by atoms with Gasteiger partial charge in [0.15, 0.2) is 0 Å².